The quantitative estimate of drug-likeness (QED) is 0.484. The summed E-state index contributed by atoms with van der Waals surface area (Å²) in [4.78, 5) is 9.38. The van der Waals surface area contributed by atoms with Crippen molar-refractivity contribution in [2.45, 2.75) is 72.6 Å². The first-order valence-electron chi connectivity index (χ1n) is 10.2. The van der Waals surface area contributed by atoms with Crippen LogP contribution in [0.4, 0.5) is 0 Å². The molecule has 1 aromatic heterocycles. The predicted molar refractivity (Wildman–Crippen MR) is 108 cm³/mol. The van der Waals surface area contributed by atoms with E-state index < -0.39 is 18.4 Å². The van der Waals surface area contributed by atoms with E-state index in [4.69, 9.17) is 19.4 Å². The SMILES string of the molecule is C1COCCO1.CCC[CH2][Sn]([CH2]CCC)([CH2]CCC)[c]1ncccn1. The first-order chi connectivity index (χ1) is 12.3. The summed E-state index contributed by atoms with van der Waals surface area (Å²) in [6.07, 6.45) is 12.0. The van der Waals surface area contributed by atoms with Crippen LogP contribution in [0.25, 0.3) is 0 Å². The summed E-state index contributed by atoms with van der Waals surface area (Å²) in [7, 11) is 0. The summed E-state index contributed by atoms with van der Waals surface area (Å²) in [6, 6.07) is 1.96. The Morgan fingerprint density at radius 1 is 0.760 bits per heavy atom. The Kier molecular flexibility index (Phi) is 13.6. The molecule has 4 nitrogen and oxygen atoms in total. The fraction of sp³-hybridized carbons (Fsp3) is 0.800. The number of hydrogen-bond acceptors (Lipinski definition) is 4. The molecular weight excluding hydrogens is 419 g/mol. The van der Waals surface area contributed by atoms with Gasteiger partial charge in [0, 0.05) is 0 Å². The molecule has 25 heavy (non-hydrogen) atoms. The molecule has 0 atom stereocenters. The number of unbranched alkanes of at least 4 members (excludes halogenated alkanes) is 3. The van der Waals surface area contributed by atoms with Crippen molar-refractivity contribution in [2.24, 2.45) is 0 Å². The van der Waals surface area contributed by atoms with Crippen molar-refractivity contribution in [1.82, 2.24) is 9.97 Å². The van der Waals surface area contributed by atoms with E-state index in [0.29, 0.717) is 0 Å². The summed E-state index contributed by atoms with van der Waals surface area (Å²) in [5.41, 5.74) is 0. The van der Waals surface area contributed by atoms with Gasteiger partial charge in [-0.15, -0.1) is 0 Å². The van der Waals surface area contributed by atoms with Crippen molar-refractivity contribution in [3.05, 3.63) is 18.5 Å². The third kappa shape index (κ3) is 9.34. The van der Waals surface area contributed by atoms with E-state index in [1.54, 1.807) is 0 Å². The molecule has 1 aliphatic rings. The molecule has 1 aliphatic heterocycles. The van der Waals surface area contributed by atoms with Gasteiger partial charge in [0.25, 0.3) is 0 Å². The topological polar surface area (TPSA) is 44.2 Å². The molecule has 0 unspecified atom stereocenters. The van der Waals surface area contributed by atoms with Crippen molar-refractivity contribution in [3.63, 3.8) is 0 Å². The number of aromatic nitrogens is 2. The molecule has 0 N–H and O–H groups in total. The molecule has 0 radical (unpaired) electrons. The van der Waals surface area contributed by atoms with E-state index >= 15 is 0 Å². The molecule has 0 aromatic carbocycles. The van der Waals surface area contributed by atoms with Crippen molar-refractivity contribution in [2.75, 3.05) is 26.4 Å². The van der Waals surface area contributed by atoms with Gasteiger partial charge in [-0.2, -0.15) is 0 Å². The number of hydrogen-bond donors (Lipinski definition) is 0. The Bertz CT molecular complexity index is 380. The molecule has 0 saturated carbocycles. The normalized spacial score (nSPS) is 14.7. The van der Waals surface area contributed by atoms with Gasteiger partial charge in [-0.3, -0.25) is 0 Å². The maximum atomic E-state index is 4.94. The number of rotatable bonds is 10. The minimum atomic E-state index is -2.32. The van der Waals surface area contributed by atoms with Crippen LogP contribution in [0.15, 0.2) is 18.5 Å². The van der Waals surface area contributed by atoms with Crippen molar-refractivity contribution < 1.29 is 9.47 Å². The monoisotopic (exact) mass is 458 g/mol. The molecule has 2 rings (SSSR count). The first kappa shape index (κ1) is 22.8. The second-order valence-corrected chi connectivity index (χ2v) is 19.8. The molecule has 144 valence electrons. The van der Waals surface area contributed by atoms with E-state index in [-0.39, 0.29) is 0 Å². The molecular formula is C20H38N2O2Sn. The zero-order valence-corrected chi connectivity index (χ0v) is 19.5. The van der Waals surface area contributed by atoms with E-state index in [1.165, 1.54) is 55.7 Å². The van der Waals surface area contributed by atoms with E-state index in [2.05, 4.69) is 20.8 Å². The van der Waals surface area contributed by atoms with Gasteiger partial charge in [0.05, 0.1) is 26.4 Å². The molecule has 0 amide bonds. The van der Waals surface area contributed by atoms with E-state index in [1.807, 2.05) is 18.5 Å². The second-order valence-electron chi connectivity index (χ2n) is 6.89. The number of ether oxygens (including phenoxy) is 2. The third-order valence-corrected chi connectivity index (χ3v) is 19.5. The zero-order valence-electron chi connectivity index (χ0n) is 16.6. The van der Waals surface area contributed by atoms with Gasteiger partial charge < -0.3 is 9.47 Å². The van der Waals surface area contributed by atoms with Gasteiger partial charge in [0.2, 0.25) is 0 Å². The summed E-state index contributed by atoms with van der Waals surface area (Å²) in [6.45, 7) is 10.0. The van der Waals surface area contributed by atoms with Crippen molar-refractivity contribution >= 4 is 22.2 Å². The number of nitrogens with zero attached hydrogens (tertiary/aromatic N) is 2. The Balaban J connectivity index is 0.000000435. The van der Waals surface area contributed by atoms with Crippen LogP contribution in [-0.2, 0) is 9.47 Å². The Hall–Kier alpha value is -0.201. The van der Waals surface area contributed by atoms with Crippen LogP contribution in [0.3, 0.4) is 0 Å². The summed E-state index contributed by atoms with van der Waals surface area (Å²) < 4.78 is 15.5. The van der Waals surface area contributed by atoms with Crippen molar-refractivity contribution in [1.29, 1.82) is 0 Å². The van der Waals surface area contributed by atoms with Crippen LogP contribution >= 0.6 is 0 Å². The van der Waals surface area contributed by atoms with Gasteiger partial charge in [-0.05, 0) is 0 Å². The Labute approximate surface area is 159 Å². The van der Waals surface area contributed by atoms with Crippen LogP contribution < -0.4 is 3.84 Å². The van der Waals surface area contributed by atoms with E-state index in [0.717, 1.165) is 26.4 Å². The summed E-state index contributed by atoms with van der Waals surface area (Å²) in [5, 5.41) is 0. The van der Waals surface area contributed by atoms with Crippen molar-refractivity contribution in [3.8, 4) is 0 Å². The van der Waals surface area contributed by atoms with Gasteiger partial charge in [-0.1, -0.05) is 0 Å². The molecule has 1 fully saturated rings. The molecule has 1 saturated heterocycles. The van der Waals surface area contributed by atoms with Gasteiger partial charge in [0.15, 0.2) is 0 Å². The average molecular weight is 457 g/mol. The Morgan fingerprint density at radius 3 is 1.48 bits per heavy atom. The van der Waals surface area contributed by atoms with Gasteiger partial charge in [-0.25, -0.2) is 0 Å². The van der Waals surface area contributed by atoms with Crippen LogP contribution in [0, 0.1) is 0 Å². The van der Waals surface area contributed by atoms with Crippen LogP contribution in [-0.4, -0.2) is 54.8 Å². The first-order valence-corrected chi connectivity index (χ1v) is 17.7. The molecule has 5 heteroatoms. The summed E-state index contributed by atoms with van der Waals surface area (Å²) >= 11 is -2.32. The van der Waals surface area contributed by atoms with Crippen LogP contribution in [0.5, 0.6) is 0 Å². The molecule has 1 aromatic rings. The zero-order chi connectivity index (χ0) is 18.2. The fourth-order valence-corrected chi connectivity index (χ4v) is 18.1. The average Bonchev–Trinajstić information content (AvgIpc) is 2.70. The van der Waals surface area contributed by atoms with Gasteiger partial charge in [0.1, 0.15) is 0 Å². The summed E-state index contributed by atoms with van der Waals surface area (Å²) in [5.74, 6) is 0. The van der Waals surface area contributed by atoms with Crippen LogP contribution in [0.1, 0.15) is 59.3 Å². The molecule has 0 bridgehead atoms. The minimum absolute atomic E-state index is 0.778. The standard InChI is InChI=1S/C4H3N2.C4H8O2.3C4H9.Sn/c1-2-5-4-6-3-1;1-2-6-4-3-5-1;3*1-3-4-2;/h1-3H;1-4H2;3*1,3-4H2,2H3;. The van der Waals surface area contributed by atoms with Crippen LogP contribution in [0.2, 0.25) is 13.3 Å². The van der Waals surface area contributed by atoms with E-state index in [9.17, 15) is 0 Å². The fourth-order valence-electron chi connectivity index (χ4n) is 3.27. The molecule has 2 heterocycles. The Morgan fingerprint density at radius 2 is 1.16 bits per heavy atom. The van der Waals surface area contributed by atoms with Gasteiger partial charge >= 0.3 is 123 Å². The molecule has 0 spiro atoms. The predicted octanol–water partition coefficient (Wildman–Crippen LogP) is 4.57. The third-order valence-electron chi connectivity index (χ3n) is 4.81. The second kappa shape index (κ2) is 14.9. The maximum absolute atomic E-state index is 4.94. The molecule has 0 aliphatic carbocycles.